The molecule has 68 valence electrons. The molecule has 1 atom stereocenters. The van der Waals surface area contributed by atoms with Crippen molar-refractivity contribution in [2.45, 2.75) is 6.04 Å². The van der Waals surface area contributed by atoms with E-state index in [-0.39, 0.29) is 6.04 Å². The molecule has 0 aliphatic heterocycles. The molecule has 0 aliphatic rings. The summed E-state index contributed by atoms with van der Waals surface area (Å²) < 4.78 is 6.85. The molecule has 0 spiro atoms. The van der Waals surface area contributed by atoms with Crippen LogP contribution in [0.25, 0.3) is 0 Å². The van der Waals surface area contributed by atoms with E-state index in [1.54, 1.807) is 11.8 Å². The van der Waals surface area contributed by atoms with E-state index in [4.69, 9.17) is 4.74 Å². The summed E-state index contributed by atoms with van der Waals surface area (Å²) in [5.74, 6) is 0. The zero-order valence-electron chi connectivity index (χ0n) is 7.74. The molecule has 0 saturated carbocycles. The van der Waals surface area contributed by atoms with Gasteiger partial charge in [-0.15, -0.1) is 0 Å². The maximum Gasteiger partial charge on any atom is 0.0658 e. The summed E-state index contributed by atoms with van der Waals surface area (Å²) in [6.45, 7) is 0.669. The Morgan fingerprint density at radius 2 is 2.50 bits per heavy atom. The number of hydrogen-bond acceptors (Lipinski definition) is 3. The standard InChI is InChI=1S/C8H15N3O/c1-9-8(6-12-3)7-4-10-11(2)5-7/h4-5,8-9H,6H2,1-3H3. The van der Waals surface area contributed by atoms with Crippen LogP contribution in [-0.2, 0) is 11.8 Å². The molecule has 0 bridgehead atoms. The van der Waals surface area contributed by atoms with Gasteiger partial charge < -0.3 is 10.1 Å². The van der Waals surface area contributed by atoms with Crippen molar-refractivity contribution in [2.75, 3.05) is 20.8 Å². The molecular weight excluding hydrogens is 154 g/mol. The van der Waals surface area contributed by atoms with Gasteiger partial charge in [-0.3, -0.25) is 4.68 Å². The minimum Gasteiger partial charge on any atom is -0.383 e. The number of hydrogen-bond donors (Lipinski definition) is 1. The highest BCUT2D eigenvalue weighted by atomic mass is 16.5. The third kappa shape index (κ3) is 2.06. The molecule has 0 aliphatic carbocycles. The summed E-state index contributed by atoms with van der Waals surface area (Å²) in [6, 6.07) is 0.240. The first kappa shape index (κ1) is 9.22. The van der Waals surface area contributed by atoms with Crippen molar-refractivity contribution in [1.82, 2.24) is 15.1 Å². The lowest BCUT2D eigenvalue weighted by atomic mass is 10.2. The second-order valence-electron chi connectivity index (χ2n) is 2.74. The van der Waals surface area contributed by atoms with Crippen LogP contribution in [0.4, 0.5) is 0 Å². The fourth-order valence-electron chi connectivity index (χ4n) is 1.13. The highest BCUT2D eigenvalue weighted by molar-refractivity contribution is 5.09. The monoisotopic (exact) mass is 169 g/mol. The minimum absolute atomic E-state index is 0.240. The number of methoxy groups -OCH3 is 1. The van der Waals surface area contributed by atoms with Crippen LogP contribution in [0.1, 0.15) is 11.6 Å². The first-order valence-corrected chi connectivity index (χ1v) is 3.92. The van der Waals surface area contributed by atoms with E-state index in [1.165, 1.54) is 0 Å². The van der Waals surface area contributed by atoms with Gasteiger partial charge in [-0.05, 0) is 7.05 Å². The van der Waals surface area contributed by atoms with Crippen molar-refractivity contribution in [3.05, 3.63) is 18.0 Å². The van der Waals surface area contributed by atoms with Crippen LogP contribution in [0.15, 0.2) is 12.4 Å². The Balaban J connectivity index is 2.66. The molecule has 1 aromatic heterocycles. The summed E-state index contributed by atoms with van der Waals surface area (Å²) in [4.78, 5) is 0. The predicted octanol–water partition coefficient (Wildman–Crippen LogP) is 0.327. The summed E-state index contributed by atoms with van der Waals surface area (Å²) in [5, 5.41) is 7.24. The Bertz CT molecular complexity index is 234. The smallest absolute Gasteiger partial charge is 0.0658 e. The van der Waals surface area contributed by atoms with Crippen molar-refractivity contribution < 1.29 is 4.74 Å². The van der Waals surface area contributed by atoms with Crippen molar-refractivity contribution in [3.63, 3.8) is 0 Å². The molecule has 1 N–H and O–H groups in total. The summed E-state index contributed by atoms with van der Waals surface area (Å²) >= 11 is 0. The Morgan fingerprint density at radius 3 is 2.92 bits per heavy atom. The molecule has 4 nitrogen and oxygen atoms in total. The molecule has 1 rings (SSSR count). The number of nitrogens with zero attached hydrogens (tertiary/aromatic N) is 2. The van der Waals surface area contributed by atoms with Crippen molar-refractivity contribution in [3.8, 4) is 0 Å². The average Bonchev–Trinajstić information content (AvgIpc) is 2.47. The van der Waals surface area contributed by atoms with E-state index in [2.05, 4.69) is 10.4 Å². The van der Waals surface area contributed by atoms with E-state index in [0.717, 1.165) is 5.56 Å². The van der Waals surface area contributed by atoms with Gasteiger partial charge in [-0.1, -0.05) is 0 Å². The molecule has 12 heavy (non-hydrogen) atoms. The zero-order valence-corrected chi connectivity index (χ0v) is 7.74. The maximum absolute atomic E-state index is 5.06. The predicted molar refractivity (Wildman–Crippen MR) is 46.9 cm³/mol. The largest absolute Gasteiger partial charge is 0.383 e. The van der Waals surface area contributed by atoms with Gasteiger partial charge in [0.05, 0.1) is 18.8 Å². The van der Waals surface area contributed by atoms with Crippen LogP contribution < -0.4 is 5.32 Å². The van der Waals surface area contributed by atoms with Crippen molar-refractivity contribution in [1.29, 1.82) is 0 Å². The summed E-state index contributed by atoms with van der Waals surface area (Å²) in [5.41, 5.74) is 1.15. The minimum atomic E-state index is 0.240. The van der Waals surface area contributed by atoms with E-state index in [0.29, 0.717) is 6.61 Å². The van der Waals surface area contributed by atoms with Gasteiger partial charge in [0.1, 0.15) is 0 Å². The Labute approximate surface area is 72.5 Å². The van der Waals surface area contributed by atoms with Gasteiger partial charge in [0, 0.05) is 25.9 Å². The Morgan fingerprint density at radius 1 is 1.75 bits per heavy atom. The highest BCUT2D eigenvalue weighted by Crippen LogP contribution is 2.10. The van der Waals surface area contributed by atoms with Crippen LogP contribution in [0, 0.1) is 0 Å². The lowest BCUT2D eigenvalue weighted by Gasteiger charge is -2.12. The molecule has 0 saturated heterocycles. The van der Waals surface area contributed by atoms with Crippen LogP contribution in [0.3, 0.4) is 0 Å². The molecule has 0 aromatic carbocycles. The number of likely N-dealkylation sites (N-methyl/N-ethyl adjacent to an activating group) is 1. The van der Waals surface area contributed by atoms with E-state index in [9.17, 15) is 0 Å². The third-order valence-corrected chi connectivity index (χ3v) is 1.81. The molecule has 0 fully saturated rings. The third-order valence-electron chi connectivity index (χ3n) is 1.81. The fourth-order valence-corrected chi connectivity index (χ4v) is 1.13. The van der Waals surface area contributed by atoms with Crippen LogP contribution in [-0.4, -0.2) is 30.5 Å². The van der Waals surface area contributed by atoms with Crippen LogP contribution in [0.2, 0.25) is 0 Å². The lowest BCUT2D eigenvalue weighted by Crippen LogP contribution is -2.20. The summed E-state index contributed by atoms with van der Waals surface area (Å²) in [7, 11) is 5.51. The van der Waals surface area contributed by atoms with Gasteiger partial charge in [0.2, 0.25) is 0 Å². The molecule has 1 aromatic rings. The van der Waals surface area contributed by atoms with Gasteiger partial charge in [0.25, 0.3) is 0 Å². The van der Waals surface area contributed by atoms with Crippen LogP contribution in [0.5, 0.6) is 0 Å². The first-order valence-electron chi connectivity index (χ1n) is 3.92. The van der Waals surface area contributed by atoms with E-state index < -0.39 is 0 Å². The van der Waals surface area contributed by atoms with Gasteiger partial charge in [-0.2, -0.15) is 5.10 Å². The second kappa shape index (κ2) is 4.23. The normalized spacial score (nSPS) is 13.2. The van der Waals surface area contributed by atoms with E-state index >= 15 is 0 Å². The number of aryl methyl sites for hydroxylation is 1. The van der Waals surface area contributed by atoms with Crippen molar-refractivity contribution in [2.24, 2.45) is 7.05 Å². The SMILES string of the molecule is CNC(COC)c1cnn(C)c1. The number of ether oxygens (including phenoxy) is 1. The van der Waals surface area contributed by atoms with Crippen LogP contribution >= 0.6 is 0 Å². The maximum atomic E-state index is 5.06. The van der Waals surface area contributed by atoms with Crippen molar-refractivity contribution >= 4 is 0 Å². The van der Waals surface area contributed by atoms with Gasteiger partial charge >= 0.3 is 0 Å². The number of rotatable bonds is 4. The Hall–Kier alpha value is -0.870. The molecule has 1 heterocycles. The molecule has 0 amide bonds. The quantitative estimate of drug-likeness (QED) is 0.706. The summed E-state index contributed by atoms with van der Waals surface area (Å²) in [6.07, 6.45) is 3.83. The van der Waals surface area contributed by atoms with E-state index in [1.807, 2.05) is 26.5 Å². The average molecular weight is 169 g/mol. The van der Waals surface area contributed by atoms with Gasteiger partial charge in [0.15, 0.2) is 0 Å². The number of nitrogens with one attached hydrogen (secondary N) is 1. The number of aromatic nitrogens is 2. The lowest BCUT2D eigenvalue weighted by molar-refractivity contribution is 0.170. The molecule has 4 heteroatoms. The highest BCUT2D eigenvalue weighted by Gasteiger charge is 2.09. The van der Waals surface area contributed by atoms with Gasteiger partial charge in [-0.25, -0.2) is 0 Å². The molecule has 1 unspecified atom stereocenters. The fraction of sp³-hybridized carbons (Fsp3) is 0.625. The first-order chi connectivity index (χ1) is 5.77. The zero-order chi connectivity index (χ0) is 8.97. The second-order valence-corrected chi connectivity index (χ2v) is 2.74. The molecular formula is C8H15N3O. The topological polar surface area (TPSA) is 39.1 Å². The Kier molecular flexibility index (Phi) is 3.25. The molecule has 0 radical (unpaired) electrons.